The van der Waals surface area contributed by atoms with E-state index in [2.05, 4.69) is 30.4 Å². The largest absolute Gasteiger partial charge is 0.349 e. The summed E-state index contributed by atoms with van der Waals surface area (Å²) in [5, 5.41) is 3.01. The average Bonchev–Trinajstić information content (AvgIpc) is 2.43. The Bertz CT molecular complexity index is 359. The molecule has 0 unspecified atom stereocenters. The van der Waals surface area contributed by atoms with E-state index in [1.165, 1.54) is 11.1 Å². The zero-order chi connectivity index (χ0) is 10.1. The number of hydrogen-bond acceptors (Lipinski definition) is 1. The monoisotopic (exact) mass is 189 g/mol. The van der Waals surface area contributed by atoms with Crippen LogP contribution in [0.1, 0.15) is 31.0 Å². The molecule has 14 heavy (non-hydrogen) atoms. The van der Waals surface area contributed by atoms with E-state index < -0.39 is 0 Å². The third-order valence-corrected chi connectivity index (χ3v) is 2.86. The highest BCUT2D eigenvalue weighted by Crippen LogP contribution is 2.35. The molecule has 0 heterocycles. The van der Waals surface area contributed by atoms with E-state index in [1.807, 2.05) is 6.07 Å². The van der Waals surface area contributed by atoms with Crippen molar-refractivity contribution in [1.29, 1.82) is 0 Å². The molecule has 1 aromatic rings. The van der Waals surface area contributed by atoms with Gasteiger partial charge in [-0.2, -0.15) is 0 Å². The minimum absolute atomic E-state index is 0.0542. The van der Waals surface area contributed by atoms with Crippen LogP contribution in [-0.2, 0) is 11.2 Å². The molecular formula is C12H15NO. The lowest BCUT2D eigenvalue weighted by molar-refractivity contribution is -0.119. The van der Waals surface area contributed by atoms with Crippen LogP contribution in [0.4, 0.5) is 0 Å². The molecule has 0 spiro atoms. The van der Waals surface area contributed by atoms with Crippen molar-refractivity contribution in [1.82, 2.24) is 5.32 Å². The summed E-state index contributed by atoms with van der Waals surface area (Å²) in [5.74, 6) is 0.565. The van der Waals surface area contributed by atoms with Crippen molar-refractivity contribution in [3.63, 3.8) is 0 Å². The molecule has 0 saturated carbocycles. The molecule has 0 bridgehead atoms. The maximum Gasteiger partial charge on any atom is 0.217 e. The molecule has 0 aliphatic heterocycles. The molecule has 74 valence electrons. The molecule has 1 aliphatic rings. The summed E-state index contributed by atoms with van der Waals surface area (Å²) in [6, 6.07) is 8.56. The molecule has 2 rings (SSSR count). The molecule has 1 amide bonds. The van der Waals surface area contributed by atoms with Gasteiger partial charge in [-0.1, -0.05) is 31.2 Å². The van der Waals surface area contributed by atoms with E-state index in [1.54, 1.807) is 6.92 Å². The zero-order valence-corrected chi connectivity index (χ0v) is 8.58. The summed E-state index contributed by atoms with van der Waals surface area (Å²) in [6.45, 7) is 3.76. The Morgan fingerprint density at radius 3 is 2.86 bits per heavy atom. The van der Waals surface area contributed by atoms with Crippen LogP contribution in [0.15, 0.2) is 24.3 Å². The fourth-order valence-corrected chi connectivity index (χ4v) is 2.23. The molecule has 0 aromatic heterocycles. The fraction of sp³-hybridized carbons (Fsp3) is 0.417. The van der Waals surface area contributed by atoms with Crippen LogP contribution < -0.4 is 5.32 Å². The van der Waals surface area contributed by atoms with Gasteiger partial charge in [-0.25, -0.2) is 0 Å². The average molecular weight is 189 g/mol. The Labute approximate surface area is 84.3 Å². The molecule has 2 heteroatoms. The van der Waals surface area contributed by atoms with Gasteiger partial charge in [0.05, 0.1) is 6.04 Å². The van der Waals surface area contributed by atoms with Gasteiger partial charge >= 0.3 is 0 Å². The van der Waals surface area contributed by atoms with Crippen LogP contribution >= 0.6 is 0 Å². The number of amides is 1. The maximum absolute atomic E-state index is 11.0. The second kappa shape index (κ2) is 3.45. The third-order valence-electron chi connectivity index (χ3n) is 2.86. The van der Waals surface area contributed by atoms with Crippen molar-refractivity contribution in [3.8, 4) is 0 Å². The Hall–Kier alpha value is -1.31. The van der Waals surface area contributed by atoms with Crippen molar-refractivity contribution in [2.45, 2.75) is 26.3 Å². The van der Waals surface area contributed by atoms with Gasteiger partial charge in [0.2, 0.25) is 5.91 Å². The molecule has 0 saturated heterocycles. The normalized spacial score (nSPS) is 24.4. The van der Waals surface area contributed by atoms with Crippen molar-refractivity contribution < 1.29 is 4.79 Å². The first-order chi connectivity index (χ1) is 6.68. The molecule has 0 radical (unpaired) electrons. The number of hydrogen-bond donors (Lipinski definition) is 1. The van der Waals surface area contributed by atoms with Crippen molar-refractivity contribution >= 4 is 5.91 Å². The highest BCUT2D eigenvalue weighted by Gasteiger charge is 2.29. The summed E-state index contributed by atoms with van der Waals surface area (Å²) < 4.78 is 0. The van der Waals surface area contributed by atoms with Gasteiger partial charge in [-0.3, -0.25) is 4.79 Å². The Balaban J connectivity index is 2.30. The van der Waals surface area contributed by atoms with Crippen LogP contribution in [0.2, 0.25) is 0 Å². The number of nitrogens with one attached hydrogen (secondary N) is 1. The summed E-state index contributed by atoms with van der Waals surface area (Å²) in [5.41, 5.74) is 2.66. The van der Waals surface area contributed by atoms with Crippen LogP contribution in [0.25, 0.3) is 0 Å². The van der Waals surface area contributed by atoms with Crippen LogP contribution in [0.5, 0.6) is 0 Å². The molecule has 1 aliphatic carbocycles. The van der Waals surface area contributed by atoms with E-state index in [4.69, 9.17) is 0 Å². The lowest BCUT2D eigenvalue weighted by Crippen LogP contribution is -2.28. The van der Waals surface area contributed by atoms with Gasteiger partial charge in [-0.05, 0) is 23.5 Å². The lowest BCUT2D eigenvalue weighted by atomic mass is 10.0. The molecule has 1 aromatic carbocycles. The molecule has 0 fully saturated rings. The second-order valence-electron chi connectivity index (χ2n) is 4.06. The Morgan fingerprint density at radius 1 is 1.43 bits per heavy atom. The first kappa shape index (κ1) is 9.25. The maximum atomic E-state index is 11.0. The first-order valence-corrected chi connectivity index (χ1v) is 5.03. The van der Waals surface area contributed by atoms with E-state index in [0.717, 1.165) is 6.42 Å². The van der Waals surface area contributed by atoms with Crippen LogP contribution in [0.3, 0.4) is 0 Å². The van der Waals surface area contributed by atoms with Gasteiger partial charge in [0.25, 0.3) is 0 Å². The predicted octanol–water partition coefficient (Wildman–Crippen LogP) is 2.06. The molecule has 2 nitrogen and oxygen atoms in total. The van der Waals surface area contributed by atoms with E-state index in [-0.39, 0.29) is 11.9 Å². The minimum atomic E-state index is 0.0542. The molecule has 2 atom stereocenters. The number of carbonyl (C=O) groups excluding carboxylic acids is 1. The van der Waals surface area contributed by atoms with Gasteiger partial charge in [-0.15, -0.1) is 0 Å². The van der Waals surface area contributed by atoms with Crippen LogP contribution in [-0.4, -0.2) is 5.91 Å². The molecule has 1 N–H and O–H groups in total. The van der Waals surface area contributed by atoms with E-state index >= 15 is 0 Å². The highest BCUT2D eigenvalue weighted by molar-refractivity contribution is 5.73. The molecular weight excluding hydrogens is 174 g/mol. The van der Waals surface area contributed by atoms with E-state index in [0.29, 0.717) is 5.92 Å². The fourth-order valence-electron chi connectivity index (χ4n) is 2.23. The quantitative estimate of drug-likeness (QED) is 0.719. The number of carbonyl (C=O) groups is 1. The minimum Gasteiger partial charge on any atom is -0.349 e. The van der Waals surface area contributed by atoms with Crippen molar-refractivity contribution in [3.05, 3.63) is 35.4 Å². The SMILES string of the molecule is CC(=O)N[C@@H]1c2ccccc2C[C@@H]1C. The van der Waals surface area contributed by atoms with Gasteiger partial charge in [0.15, 0.2) is 0 Å². The lowest BCUT2D eigenvalue weighted by Gasteiger charge is -2.17. The summed E-state index contributed by atoms with van der Waals surface area (Å²) in [6.07, 6.45) is 1.07. The third kappa shape index (κ3) is 1.52. The van der Waals surface area contributed by atoms with Crippen molar-refractivity contribution in [2.24, 2.45) is 5.92 Å². The Kier molecular flexibility index (Phi) is 2.28. The topological polar surface area (TPSA) is 29.1 Å². The predicted molar refractivity (Wildman–Crippen MR) is 55.9 cm³/mol. The standard InChI is InChI=1S/C12H15NO/c1-8-7-10-5-3-4-6-11(10)12(8)13-9(2)14/h3-6,8,12H,7H2,1-2H3,(H,13,14)/t8-,12-/m0/s1. The second-order valence-corrected chi connectivity index (χ2v) is 4.06. The number of benzene rings is 1. The highest BCUT2D eigenvalue weighted by atomic mass is 16.1. The zero-order valence-electron chi connectivity index (χ0n) is 8.58. The summed E-state index contributed by atoms with van der Waals surface area (Å²) in [4.78, 5) is 11.0. The summed E-state index contributed by atoms with van der Waals surface area (Å²) in [7, 11) is 0. The van der Waals surface area contributed by atoms with Gasteiger partial charge < -0.3 is 5.32 Å². The number of fused-ring (bicyclic) bond motifs is 1. The summed E-state index contributed by atoms with van der Waals surface area (Å²) >= 11 is 0. The number of rotatable bonds is 1. The Morgan fingerprint density at radius 2 is 2.14 bits per heavy atom. The van der Waals surface area contributed by atoms with Gasteiger partial charge in [0, 0.05) is 6.92 Å². The van der Waals surface area contributed by atoms with Crippen LogP contribution in [0, 0.1) is 5.92 Å². The van der Waals surface area contributed by atoms with E-state index in [9.17, 15) is 4.79 Å². The van der Waals surface area contributed by atoms with Gasteiger partial charge in [0.1, 0.15) is 0 Å². The van der Waals surface area contributed by atoms with Crippen molar-refractivity contribution in [2.75, 3.05) is 0 Å². The smallest absolute Gasteiger partial charge is 0.217 e. The first-order valence-electron chi connectivity index (χ1n) is 5.03.